The lowest BCUT2D eigenvalue weighted by Gasteiger charge is -2.14. The van der Waals surface area contributed by atoms with E-state index in [1.807, 2.05) is 12.1 Å². The molecule has 1 aromatic heterocycles. The van der Waals surface area contributed by atoms with Crippen molar-refractivity contribution in [3.05, 3.63) is 56.2 Å². The van der Waals surface area contributed by atoms with Crippen molar-refractivity contribution in [1.82, 2.24) is 9.55 Å². The van der Waals surface area contributed by atoms with Crippen LogP contribution in [0.25, 0.3) is 5.69 Å². The Morgan fingerprint density at radius 1 is 1.40 bits per heavy atom. The molecule has 20 heavy (non-hydrogen) atoms. The Morgan fingerprint density at radius 3 is 2.70 bits per heavy atom. The summed E-state index contributed by atoms with van der Waals surface area (Å²) in [6.45, 7) is 3.38. The van der Waals surface area contributed by atoms with Gasteiger partial charge in [0.25, 0.3) is 0 Å². The number of aliphatic carboxylic acids is 1. The second-order valence-corrected chi connectivity index (χ2v) is 5.35. The first-order chi connectivity index (χ1) is 9.40. The van der Waals surface area contributed by atoms with Gasteiger partial charge in [0.1, 0.15) is 0 Å². The molecule has 1 N–H and O–H groups in total. The summed E-state index contributed by atoms with van der Waals surface area (Å²) < 4.78 is 2.26. The third kappa shape index (κ3) is 2.80. The second-order valence-electron chi connectivity index (χ2n) is 4.43. The van der Waals surface area contributed by atoms with Gasteiger partial charge in [0.05, 0.1) is 12.1 Å². The first kappa shape index (κ1) is 14.5. The van der Waals surface area contributed by atoms with Crippen LogP contribution in [-0.4, -0.2) is 20.6 Å². The number of aromatic nitrogens is 2. The summed E-state index contributed by atoms with van der Waals surface area (Å²) in [7, 11) is 0. The molecule has 0 spiro atoms. The van der Waals surface area contributed by atoms with Crippen LogP contribution in [0.3, 0.4) is 0 Å². The second kappa shape index (κ2) is 5.58. The van der Waals surface area contributed by atoms with Gasteiger partial charge in [-0.1, -0.05) is 22.0 Å². The lowest BCUT2D eigenvalue weighted by molar-refractivity contribution is -0.136. The van der Waals surface area contributed by atoms with Crippen LogP contribution >= 0.6 is 15.9 Å². The molecule has 0 bridgehead atoms. The summed E-state index contributed by atoms with van der Waals surface area (Å²) in [5, 5.41) is 8.97. The van der Waals surface area contributed by atoms with Crippen LogP contribution in [0.15, 0.2) is 33.5 Å². The van der Waals surface area contributed by atoms with E-state index in [4.69, 9.17) is 5.11 Å². The van der Waals surface area contributed by atoms with Gasteiger partial charge >= 0.3 is 11.7 Å². The average molecular weight is 337 g/mol. The van der Waals surface area contributed by atoms with Crippen molar-refractivity contribution < 1.29 is 9.90 Å². The third-order valence-electron chi connectivity index (χ3n) is 3.06. The van der Waals surface area contributed by atoms with Crippen molar-refractivity contribution in [2.45, 2.75) is 20.3 Å². The number of carboxylic acids is 1. The Balaban J connectivity index is 2.70. The summed E-state index contributed by atoms with van der Waals surface area (Å²) >= 11 is 3.35. The van der Waals surface area contributed by atoms with Crippen LogP contribution in [0.4, 0.5) is 0 Å². The molecule has 104 valence electrons. The number of halogens is 1. The molecular weight excluding hydrogens is 324 g/mol. The van der Waals surface area contributed by atoms with E-state index in [0.717, 1.165) is 4.47 Å². The van der Waals surface area contributed by atoms with E-state index in [9.17, 15) is 9.59 Å². The maximum atomic E-state index is 12.1. The fourth-order valence-corrected chi connectivity index (χ4v) is 2.51. The SMILES string of the molecule is Cc1nc(=O)n(-c2cccc(Br)c2)c(C)c1CC(=O)O. The van der Waals surface area contributed by atoms with Crippen LogP contribution in [0.5, 0.6) is 0 Å². The van der Waals surface area contributed by atoms with E-state index in [1.165, 1.54) is 4.57 Å². The van der Waals surface area contributed by atoms with Gasteiger partial charge < -0.3 is 5.11 Å². The summed E-state index contributed by atoms with van der Waals surface area (Å²) in [4.78, 5) is 27.0. The fraction of sp³-hybridized carbons (Fsp3) is 0.214. The highest BCUT2D eigenvalue weighted by Gasteiger charge is 2.15. The van der Waals surface area contributed by atoms with E-state index in [0.29, 0.717) is 22.6 Å². The number of aryl methyl sites for hydroxylation is 1. The quantitative estimate of drug-likeness (QED) is 0.932. The van der Waals surface area contributed by atoms with Gasteiger partial charge in [-0.2, -0.15) is 4.98 Å². The third-order valence-corrected chi connectivity index (χ3v) is 3.55. The Hall–Kier alpha value is -1.95. The van der Waals surface area contributed by atoms with E-state index in [1.54, 1.807) is 26.0 Å². The van der Waals surface area contributed by atoms with Crippen LogP contribution in [0, 0.1) is 13.8 Å². The van der Waals surface area contributed by atoms with Gasteiger partial charge in [0.2, 0.25) is 0 Å². The molecule has 0 amide bonds. The molecule has 5 nitrogen and oxygen atoms in total. The van der Waals surface area contributed by atoms with Gasteiger partial charge in [-0.15, -0.1) is 0 Å². The predicted octanol–water partition coefficient (Wildman–Crippen LogP) is 2.24. The molecule has 2 aromatic rings. The number of nitrogens with zero attached hydrogens (tertiary/aromatic N) is 2. The van der Waals surface area contributed by atoms with Crippen molar-refractivity contribution in [3.8, 4) is 5.69 Å². The fourth-order valence-electron chi connectivity index (χ4n) is 2.13. The first-order valence-electron chi connectivity index (χ1n) is 5.97. The maximum absolute atomic E-state index is 12.1. The van der Waals surface area contributed by atoms with E-state index in [2.05, 4.69) is 20.9 Å². The summed E-state index contributed by atoms with van der Waals surface area (Å²) in [5.41, 5.74) is 1.87. The zero-order chi connectivity index (χ0) is 14.9. The topological polar surface area (TPSA) is 72.2 Å². The summed E-state index contributed by atoms with van der Waals surface area (Å²) in [6, 6.07) is 7.22. The highest BCUT2D eigenvalue weighted by Crippen LogP contribution is 2.18. The van der Waals surface area contributed by atoms with Crippen molar-refractivity contribution in [2.24, 2.45) is 0 Å². The van der Waals surface area contributed by atoms with Crippen LogP contribution in [-0.2, 0) is 11.2 Å². The molecule has 0 fully saturated rings. The minimum atomic E-state index is -0.947. The lowest BCUT2D eigenvalue weighted by atomic mass is 10.1. The zero-order valence-electron chi connectivity index (χ0n) is 11.1. The molecule has 1 heterocycles. The van der Waals surface area contributed by atoms with Gasteiger partial charge in [-0.3, -0.25) is 9.36 Å². The number of carboxylic acid groups (broad SMARTS) is 1. The van der Waals surface area contributed by atoms with Crippen molar-refractivity contribution in [2.75, 3.05) is 0 Å². The van der Waals surface area contributed by atoms with Gasteiger partial charge in [-0.25, -0.2) is 4.79 Å². The summed E-state index contributed by atoms with van der Waals surface area (Å²) in [6.07, 6.45) is -0.154. The number of hydrogen-bond acceptors (Lipinski definition) is 3. The summed E-state index contributed by atoms with van der Waals surface area (Å²) in [5.74, 6) is -0.947. The predicted molar refractivity (Wildman–Crippen MR) is 78.3 cm³/mol. The molecule has 2 rings (SSSR count). The number of benzene rings is 1. The largest absolute Gasteiger partial charge is 0.481 e. The monoisotopic (exact) mass is 336 g/mol. The number of rotatable bonds is 3. The molecule has 6 heteroatoms. The molecule has 0 radical (unpaired) electrons. The molecule has 0 aliphatic heterocycles. The maximum Gasteiger partial charge on any atom is 0.352 e. The minimum Gasteiger partial charge on any atom is -0.481 e. The van der Waals surface area contributed by atoms with Crippen LogP contribution in [0.1, 0.15) is 17.0 Å². The lowest BCUT2D eigenvalue weighted by Crippen LogP contribution is -2.27. The molecule has 0 aliphatic rings. The molecule has 1 aromatic carbocycles. The number of hydrogen-bond donors (Lipinski definition) is 1. The van der Waals surface area contributed by atoms with Gasteiger partial charge in [0.15, 0.2) is 0 Å². The smallest absolute Gasteiger partial charge is 0.352 e. The van der Waals surface area contributed by atoms with Crippen LogP contribution < -0.4 is 5.69 Å². The van der Waals surface area contributed by atoms with Crippen LogP contribution in [0.2, 0.25) is 0 Å². The normalized spacial score (nSPS) is 10.6. The van der Waals surface area contributed by atoms with E-state index < -0.39 is 11.7 Å². The number of carbonyl (C=O) groups is 1. The van der Waals surface area contributed by atoms with Gasteiger partial charge in [-0.05, 0) is 32.0 Å². The molecule has 0 saturated carbocycles. The van der Waals surface area contributed by atoms with Crippen molar-refractivity contribution in [3.63, 3.8) is 0 Å². The zero-order valence-corrected chi connectivity index (χ0v) is 12.6. The van der Waals surface area contributed by atoms with Crippen molar-refractivity contribution >= 4 is 21.9 Å². The Labute approximate surface area is 124 Å². The Kier molecular flexibility index (Phi) is 4.04. The first-order valence-corrected chi connectivity index (χ1v) is 6.76. The molecule has 0 aliphatic carbocycles. The van der Waals surface area contributed by atoms with E-state index in [-0.39, 0.29) is 6.42 Å². The standard InChI is InChI=1S/C14H13BrN2O3/c1-8-12(7-13(18)19)9(2)17(14(20)16-8)11-5-3-4-10(15)6-11/h3-6H,7H2,1-2H3,(H,18,19). The average Bonchev–Trinajstić information content (AvgIpc) is 2.34. The molecule has 0 atom stereocenters. The molecular formula is C14H13BrN2O3. The van der Waals surface area contributed by atoms with E-state index >= 15 is 0 Å². The Bertz CT molecular complexity index is 738. The molecule has 0 unspecified atom stereocenters. The van der Waals surface area contributed by atoms with Crippen molar-refractivity contribution in [1.29, 1.82) is 0 Å². The highest BCUT2D eigenvalue weighted by molar-refractivity contribution is 9.10. The molecule has 0 saturated heterocycles. The minimum absolute atomic E-state index is 0.154. The highest BCUT2D eigenvalue weighted by atomic mass is 79.9. The Morgan fingerprint density at radius 2 is 2.10 bits per heavy atom. The van der Waals surface area contributed by atoms with Gasteiger partial charge in [0, 0.05) is 21.4 Å².